The van der Waals surface area contributed by atoms with Crippen LogP contribution in [0.15, 0.2) is 18.2 Å². The van der Waals surface area contributed by atoms with Gasteiger partial charge < -0.3 is 19.7 Å². The van der Waals surface area contributed by atoms with Gasteiger partial charge in [-0.05, 0) is 31.0 Å². The highest BCUT2D eigenvalue weighted by atomic mass is 35.5. The molecule has 0 radical (unpaired) electrons. The molecule has 2 aliphatic heterocycles. The molecule has 2 heterocycles. The van der Waals surface area contributed by atoms with E-state index in [4.69, 9.17) is 9.47 Å². The van der Waals surface area contributed by atoms with Gasteiger partial charge >= 0.3 is 0 Å². The van der Waals surface area contributed by atoms with E-state index < -0.39 is 0 Å². The summed E-state index contributed by atoms with van der Waals surface area (Å²) in [6, 6.07) is 5.89. The van der Waals surface area contributed by atoms with Crippen LogP contribution in [0.3, 0.4) is 0 Å². The molecule has 3 rings (SSSR count). The van der Waals surface area contributed by atoms with E-state index in [9.17, 15) is 4.79 Å². The molecule has 1 amide bonds. The Hall–Kier alpha value is -1.21. The molecular weight excluding hydrogens is 377 g/mol. The fourth-order valence-electron chi connectivity index (χ4n) is 3.64. The largest absolute Gasteiger partial charge is 0.497 e. The summed E-state index contributed by atoms with van der Waals surface area (Å²) in [6.07, 6.45) is 2.00. The van der Waals surface area contributed by atoms with Crippen LogP contribution in [-0.4, -0.2) is 69.2 Å². The van der Waals surface area contributed by atoms with Crippen molar-refractivity contribution in [2.45, 2.75) is 18.9 Å². The topological polar surface area (TPSA) is 54.0 Å². The third-order valence-electron chi connectivity index (χ3n) is 4.94. The maximum atomic E-state index is 12.8. The van der Waals surface area contributed by atoms with Crippen molar-refractivity contribution >= 4 is 30.7 Å². The zero-order chi connectivity index (χ0) is 16.9. The number of benzene rings is 1. The monoisotopic (exact) mass is 405 g/mol. The minimum atomic E-state index is 0. The number of ether oxygens (including phenoxy) is 2. The highest BCUT2D eigenvalue weighted by Gasteiger charge is 2.32. The molecule has 8 heteroatoms. The Kier molecular flexibility index (Phi) is 9.50. The van der Waals surface area contributed by atoms with Crippen molar-refractivity contribution in [1.29, 1.82) is 0 Å². The number of likely N-dealkylation sites (tertiary alicyclic amines) is 1. The van der Waals surface area contributed by atoms with Crippen LogP contribution < -0.4 is 14.8 Å². The summed E-state index contributed by atoms with van der Waals surface area (Å²) in [7, 11) is 3.33. The smallest absolute Gasteiger partial charge is 0.237 e. The number of carbonyl (C=O) groups excluding carboxylic acids is 1. The molecule has 1 N–H and O–H groups in total. The Balaban J connectivity index is 0.00000169. The number of piperazine rings is 1. The number of hydrogen-bond donors (Lipinski definition) is 1. The molecule has 2 aliphatic rings. The molecule has 0 saturated carbocycles. The van der Waals surface area contributed by atoms with E-state index in [-0.39, 0.29) is 36.8 Å². The van der Waals surface area contributed by atoms with Gasteiger partial charge in [-0.15, -0.1) is 24.8 Å². The Morgan fingerprint density at radius 2 is 1.88 bits per heavy atom. The van der Waals surface area contributed by atoms with E-state index >= 15 is 0 Å². The van der Waals surface area contributed by atoms with Gasteiger partial charge in [0.05, 0.1) is 26.8 Å². The summed E-state index contributed by atoms with van der Waals surface area (Å²) in [5, 5.41) is 3.32. The number of halogens is 2. The summed E-state index contributed by atoms with van der Waals surface area (Å²) in [6.45, 7) is 5.11. The van der Waals surface area contributed by atoms with Crippen LogP contribution in [0, 0.1) is 0 Å². The second-order valence-electron chi connectivity index (χ2n) is 6.38. The number of nitrogens with one attached hydrogen (secondary N) is 1. The molecule has 0 aromatic heterocycles. The van der Waals surface area contributed by atoms with Gasteiger partial charge in [0.1, 0.15) is 11.5 Å². The van der Waals surface area contributed by atoms with Gasteiger partial charge in [-0.2, -0.15) is 0 Å². The van der Waals surface area contributed by atoms with Crippen molar-refractivity contribution in [3.8, 4) is 11.5 Å². The number of hydrogen-bond acceptors (Lipinski definition) is 5. The number of methoxy groups -OCH3 is 2. The van der Waals surface area contributed by atoms with E-state index in [1.165, 1.54) is 0 Å². The number of rotatable bonds is 5. The molecule has 1 unspecified atom stereocenters. The van der Waals surface area contributed by atoms with Gasteiger partial charge in [0.25, 0.3) is 0 Å². The molecule has 1 aromatic rings. The lowest BCUT2D eigenvalue weighted by molar-refractivity contribution is -0.133. The first kappa shape index (κ1) is 22.8. The number of carbonyl (C=O) groups is 1. The molecule has 2 fully saturated rings. The summed E-state index contributed by atoms with van der Waals surface area (Å²) in [5.41, 5.74) is 1.04. The Labute approximate surface area is 168 Å². The molecule has 0 bridgehead atoms. The average molecular weight is 406 g/mol. The fraction of sp³-hybridized carbons (Fsp3) is 0.611. The molecule has 26 heavy (non-hydrogen) atoms. The molecule has 148 valence electrons. The molecule has 0 aliphatic carbocycles. The van der Waals surface area contributed by atoms with E-state index in [1.807, 2.05) is 23.1 Å². The van der Waals surface area contributed by atoms with Crippen LogP contribution in [0.2, 0.25) is 0 Å². The maximum Gasteiger partial charge on any atom is 0.237 e. The van der Waals surface area contributed by atoms with Crippen molar-refractivity contribution in [3.05, 3.63) is 23.8 Å². The van der Waals surface area contributed by atoms with E-state index in [1.54, 1.807) is 14.2 Å². The van der Waals surface area contributed by atoms with Gasteiger partial charge in [0, 0.05) is 38.3 Å². The Bertz CT molecular complexity index is 583. The second kappa shape index (κ2) is 10.8. The molecule has 0 spiro atoms. The van der Waals surface area contributed by atoms with Crippen LogP contribution in [0.4, 0.5) is 0 Å². The summed E-state index contributed by atoms with van der Waals surface area (Å²) in [5.74, 6) is 1.83. The van der Waals surface area contributed by atoms with Gasteiger partial charge in [0.2, 0.25) is 5.91 Å². The first-order valence-electron chi connectivity index (χ1n) is 8.67. The van der Waals surface area contributed by atoms with Gasteiger partial charge in [-0.25, -0.2) is 0 Å². The Morgan fingerprint density at radius 1 is 1.15 bits per heavy atom. The maximum absolute atomic E-state index is 12.8. The van der Waals surface area contributed by atoms with Gasteiger partial charge in [0.15, 0.2) is 0 Å². The third-order valence-corrected chi connectivity index (χ3v) is 4.94. The van der Waals surface area contributed by atoms with Crippen LogP contribution >= 0.6 is 24.8 Å². The first-order chi connectivity index (χ1) is 11.7. The van der Waals surface area contributed by atoms with Crippen LogP contribution in [0.1, 0.15) is 24.4 Å². The lowest BCUT2D eigenvalue weighted by Crippen LogP contribution is -2.48. The van der Waals surface area contributed by atoms with Crippen molar-refractivity contribution in [2.75, 3.05) is 53.5 Å². The minimum absolute atomic E-state index is 0. The van der Waals surface area contributed by atoms with E-state index in [0.717, 1.165) is 62.6 Å². The van der Waals surface area contributed by atoms with Gasteiger partial charge in [-0.1, -0.05) is 0 Å². The zero-order valence-corrected chi connectivity index (χ0v) is 17.0. The van der Waals surface area contributed by atoms with Crippen molar-refractivity contribution in [1.82, 2.24) is 15.1 Å². The SMILES string of the molecule is COc1ccc(OC)c(C2CCCN2C(=O)CN2CCNCC2)c1.Cl.Cl. The van der Waals surface area contributed by atoms with Crippen LogP contribution in [0.5, 0.6) is 11.5 Å². The lowest BCUT2D eigenvalue weighted by Gasteiger charge is -2.31. The third kappa shape index (κ3) is 5.16. The molecule has 1 aromatic carbocycles. The lowest BCUT2D eigenvalue weighted by atomic mass is 10.0. The fourth-order valence-corrected chi connectivity index (χ4v) is 3.64. The minimum Gasteiger partial charge on any atom is -0.497 e. The highest BCUT2D eigenvalue weighted by molar-refractivity contribution is 5.85. The number of amides is 1. The highest BCUT2D eigenvalue weighted by Crippen LogP contribution is 2.38. The zero-order valence-electron chi connectivity index (χ0n) is 15.4. The predicted molar refractivity (Wildman–Crippen MR) is 107 cm³/mol. The van der Waals surface area contributed by atoms with Crippen molar-refractivity contribution < 1.29 is 14.3 Å². The van der Waals surface area contributed by atoms with Crippen molar-refractivity contribution in [3.63, 3.8) is 0 Å². The standard InChI is InChI=1S/C18H27N3O3.2ClH/c1-23-14-5-6-17(24-2)15(12-14)16-4-3-9-21(16)18(22)13-20-10-7-19-8-11-20;;/h5-6,12,16,19H,3-4,7-11,13H2,1-2H3;2*1H. The quantitative estimate of drug-likeness (QED) is 0.812. The molecule has 1 atom stereocenters. The summed E-state index contributed by atoms with van der Waals surface area (Å²) >= 11 is 0. The van der Waals surface area contributed by atoms with E-state index in [2.05, 4.69) is 10.2 Å². The molecular formula is C18H29Cl2N3O3. The van der Waals surface area contributed by atoms with Gasteiger partial charge in [-0.3, -0.25) is 9.69 Å². The Morgan fingerprint density at radius 3 is 2.54 bits per heavy atom. The number of nitrogens with zero attached hydrogens (tertiary/aromatic N) is 2. The summed E-state index contributed by atoms with van der Waals surface area (Å²) in [4.78, 5) is 17.1. The van der Waals surface area contributed by atoms with Crippen LogP contribution in [0.25, 0.3) is 0 Å². The normalized spacial score (nSPS) is 20.1. The van der Waals surface area contributed by atoms with E-state index in [0.29, 0.717) is 6.54 Å². The second-order valence-corrected chi connectivity index (χ2v) is 6.38. The molecule has 2 saturated heterocycles. The average Bonchev–Trinajstić information content (AvgIpc) is 3.11. The predicted octanol–water partition coefficient (Wildman–Crippen LogP) is 2.12. The first-order valence-corrected chi connectivity index (χ1v) is 8.67. The summed E-state index contributed by atoms with van der Waals surface area (Å²) < 4.78 is 10.9. The van der Waals surface area contributed by atoms with Crippen LogP contribution in [-0.2, 0) is 4.79 Å². The van der Waals surface area contributed by atoms with Crippen molar-refractivity contribution in [2.24, 2.45) is 0 Å². The molecule has 6 nitrogen and oxygen atoms in total.